The van der Waals surface area contributed by atoms with E-state index in [9.17, 15) is 9.59 Å². The van der Waals surface area contributed by atoms with Gasteiger partial charge >= 0.3 is 0 Å². The van der Waals surface area contributed by atoms with Crippen LogP contribution in [0, 0.1) is 5.41 Å². The molecule has 23 heavy (non-hydrogen) atoms. The molecule has 1 saturated heterocycles. The van der Waals surface area contributed by atoms with E-state index in [4.69, 9.17) is 19.9 Å². The van der Waals surface area contributed by atoms with Gasteiger partial charge in [0.15, 0.2) is 6.61 Å². The molecule has 2 amide bonds. The van der Waals surface area contributed by atoms with Crippen molar-refractivity contribution in [3.63, 3.8) is 0 Å². The Kier molecular flexibility index (Phi) is 5.81. The molecule has 0 atom stereocenters. The standard InChI is InChI=1S/C16H22N2O5/c1-21-12-2-4-13(5-3-12)23-10-14(19)18-11-16(15(17)20)6-8-22-9-7-16/h2-5H,6-11H2,1H3,(H2,17,20)(H,18,19). The van der Waals surface area contributed by atoms with E-state index in [0.29, 0.717) is 37.6 Å². The van der Waals surface area contributed by atoms with E-state index in [2.05, 4.69) is 5.32 Å². The molecule has 126 valence electrons. The Morgan fingerprint density at radius 3 is 2.39 bits per heavy atom. The van der Waals surface area contributed by atoms with Crippen LogP contribution < -0.4 is 20.5 Å². The van der Waals surface area contributed by atoms with Crippen LogP contribution in [0.25, 0.3) is 0 Å². The molecule has 1 aromatic rings. The number of hydrogen-bond donors (Lipinski definition) is 2. The Morgan fingerprint density at radius 2 is 1.83 bits per heavy atom. The summed E-state index contributed by atoms with van der Waals surface area (Å²) in [6.45, 7) is 1.02. The summed E-state index contributed by atoms with van der Waals surface area (Å²) in [5.41, 5.74) is 4.76. The molecule has 7 nitrogen and oxygen atoms in total. The Morgan fingerprint density at radius 1 is 1.22 bits per heavy atom. The lowest BCUT2D eigenvalue weighted by molar-refractivity contribution is -0.134. The van der Waals surface area contributed by atoms with Crippen molar-refractivity contribution in [3.8, 4) is 11.5 Å². The highest BCUT2D eigenvalue weighted by atomic mass is 16.5. The summed E-state index contributed by atoms with van der Waals surface area (Å²) in [5.74, 6) is 0.575. The van der Waals surface area contributed by atoms with Crippen molar-refractivity contribution in [1.29, 1.82) is 0 Å². The number of benzene rings is 1. The zero-order valence-corrected chi connectivity index (χ0v) is 13.2. The molecule has 0 radical (unpaired) electrons. The molecule has 0 saturated carbocycles. The third-order valence-electron chi connectivity index (χ3n) is 4.03. The summed E-state index contributed by atoms with van der Waals surface area (Å²) in [7, 11) is 1.58. The molecule has 7 heteroatoms. The number of amides is 2. The van der Waals surface area contributed by atoms with Gasteiger partial charge < -0.3 is 25.3 Å². The molecule has 1 heterocycles. The predicted molar refractivity (Wildman–Crippen MR) is 83.2 cm³/mol. The fourth-order valence-corrected chi connectivity index (χ4v) is 2.41. The van der Waals surface area contributed by atoms with Crippen LogP contribution in [0.5, 0.6) is 11.5 Å². The van der Waals surface area contributed by atoms with Gasteiger partial charge in [0.05, 0.1) is 12.5 Å². The molecular weight excluding hydrogens is 300 g/mol. The first kappa shape index (κ1) is 17.1. The SMILES string of the molecule is COc1ccc(OCC(=O)NCC2(C(N)=O)CCOCC2)cc1. The largest absolute Gasteiger partial charge is 0.497 e. The number of carbonyl (C=O) groups is 2. The summed E-state index contributed by atoms with van der Waals surface area (Å²) in [4.78, 5) is 23.6. The maximum atomic E-state index is 11.9. The van der Waals surface area contributed by atoms with E-state index < -0.39 is 11.3 Å². The van der Waals surface area contributed by atoms with Gasteiger partial charge in [0.2, 0.25) is 5.91 Å². The highest BCUT2D eigenvalue weighted by Crippen LogP contribution is 2.29. The lowest BCUT2D eigenvalue weighted by Gasteiger charge is -2.34. The molecule has 3 N–H and O–H groups in total. The Labute approximate surface area is 135 Å². The maximum Gasteiger partial charge on any atom is 0.257 e. The van der Waals surface area contributed by atoms with Gasteiger partial charge in [-0.15, -0.1) is 0 Å². The summed E-state index contributed by atoms with van der Waals surface area (Å²) < 4.78 is 15.7. The van der Waals surface area contributed by atoms with Gasteiger partial charge in [0, 0.05) is 19.8 Å². The van der Waals surface area contributed by atoms with Crippen molar-refractivity contribution >= 4 is 11.8 Å². The molecule has 2 rings (SSSR count). The summed E-state index contributed by atoms with van der Waals surface area (Å²) in [6.07, 6.45) is 1.03. The normalized spacial score (nSPS) is 16.4. The third kappa shape index (κ3) is 4.59. The number of nitrogens with one attached hydrogen (secondary N) is 1. The first-order valence-electron chi connectivity index (χ1n) is 7.47. The van der Waals surface area contributed by atoms with Gasteiger partial charge in [-0.1, -0.05) is 0 Å². The number of primary amides is 1. The topological polar surface area (TPSA) is 99.9 Å². The number of ether oxygens (including phenoxy) is 3. The third-order valence-corrected chi connectivity index (χ3v) is 4.03. The van der Waals surface area contributed by atoms with Crippen LogP contribution in [0.1, 0.15) is 12.8 Å². The van der Waals surface area contributed by atoms with Crippen molar-refractivity contribution in [2.45, 2.75) is 12.8 Å². The highest BCUT2D eigenvalue weighted by molar-refractivity contribution is 5.83. The zero-order valence-electron chi connectivity index (χ0n) is 13.2. The van der Waals surface area contributed by atoms with E-state index in [0.717, 1.165) is 0 Å². The van der Waals surface area contributed by atoms with Crippen molar-refractivity contribution in [1.82, 2.24) is 5.32 Å². The maximum absolute atomic E-state index is 11.9. The first-order chi connectivity index (χ1) is 11.1. The zero-order chi connectivity index (χ0) is 16.7. The molecule has 0 bridgehead atoms. The number of hydrogen-bond acceptors (Lipinski definition) is 5. The van der Waals surface area contributed by atoms with Crippen LogP contribution in [0.15, 0.2) is 24.3 Å². The molecule has 1 aromatic carbocycles. The molecule has 0 unspecified atom stereocenters. The number of nitrogens with two attached hydrogens (primary N) is 1. The number of rotatable bonds is 7. The van der Waals surface area contributed by atoms with Crippen LogP contribution in [-0.4, -0.2) is 45.3 Å². The molecule has 0 aromatic heterocycles. The molecule has 1 fully saturated rings. The molecule has 0 spiro atoms. The second kappa shape index (κ2) is 7.82. The van der Waals surface area contributed by atoms with Crippen molar-refractivity contribution in [2.75, 3.05) is 33.5 Å². The second-order valence-corrected chi connectivity index (χ2v) is 5.50. The molecule has 0 aliphatic carbocycles. The molecule has 1 aliphatic heterocycles. The van der Waals surface area contributed by atoms with Gasteiger partial charge in [-0.2, -0.15) is 0 Å². The van der Waals surface area contributed by atoms with Gasteiger partial charge in [-0.25, -0.2) is 0 Å². The van der Waals surface area contributed by atoms with Gasteiger partial charge in [-0.05, 0) is 37.1 Å². The molecule has 1 aliphatic rings. The van der Waals surface area contributed by atoms with Crippen LogP contribution in [0.2, 0.25) is 0 Å². The van der Waals surface area contributed by atoms with E-state index in [1.54, 1.807) is 31.4 Å². The summed E-state index contributed by atoms with van der Waals surface area (Å²) in [5, 5.41) is 2.72. The van der Waals surface area contributed by atoms with Crippen LogP contribution >= 0.6 is 0 Å². The highest BCUT2D eigenvalue weighted by Gasteiger charge is 2.38. The van der Waals surface area contributed by atoms with Crippen molar-refractivity contribution in [2.24, 2.45) is 11.1 Å². The lowest BCUT2D eigenvalue weighted by atomic mass is 9.79. The van der Waals surface area contributed by atoms with Crippen molar-refractivity contribution in [3.05, 3.63) is 24.3 Å². The Hall–Kier alpha value is -2.28. The van der Waals surface area contributed by atoms with E-state index >= 15 is 0 Å². The number of methoxy groups -OCH3 is 1. The van der Waals surface area contributed by atoms with Crippen LogP contribution in [-0.2, 0) is 14.3 Å². The fourth-order valence-electron chi connectivity index (χ4n) is 2.41. The minimum atomic E-state index is -0.728. The minimum absolute atomic E-state index is 0.127. The lowest BCUT2D eigenvalue weighted by Crippen LogP contribution is -2.50. The Bertz CT molecular complexity index is 538. The molecular formula is C16H22N2O5. The minimum Gasteiger partial charge on any atom is -0.497 e. The number of carbonyl (C=O) groups excluding carboxylic acids is 2. The van der Waals surface area contributed by atoms with Crippen LogP contribution in [0.4, 0.5) is 0 Å². The Balaban J connectivity index is 1.80. The van der Waals surface area contributed by atoms with Crippen molar-refractivity contribution < 1.29 is 23.8 Å². The van der Waals surface area contributed by atoms with E-state index in [-0.39, 0.29) is 19.1 Å². The average Bonchev–Trinajstić information content (AvgIpc) is 2.59. The summed E-state index contributed by atoms with van der Waals surface area (Å²) in [6, 6.07) is 6.93. The van der Waals surface area contributed by atoms with Gasteiger partial charge in [-0.3, -0.25) is 9.59 Å². The predicted octanol–water partition coefficient (Wildman–Crippen LogP) is 0.472. The smallest absolute Gasteiger partial charge is 0.257 e. The monoisotopic (exact) mass is 322 g/mol. The summed E-state index contributed by atoms with van der Waals surface area (Å²) >= 11 is 0. The van der Waals surface area contributed by atoms with Gasteiger partial charge in [0.1, 0.15) is 11.5 Å². The van der Waals surface area contributed by atoms with Gasteiger partial charge in [0.25, 0.3) is 5.91 Å². The average molecular weight is 322 g/mol. The van der Waals surface area contributed by atoms with E-state index in [1.165, 1.54) is 0 Å². The quantitative estimate of drug-likeness (QED) is 0.760. The first-order valence-corrected chi connectivity index (χ1v) is 7.47. The van der Waals surface area contributed by atoms with E-state index in [1.807, 2.05) is 0 Å². The van der Waals surface area contributed by atoms with Crippen LogP contribution in [0.3, 0.4) is 0 Å². The fraction of sp³-hybridized carbons (Fsp3) is 0.500. The second-order valence-electron chi connectivity index (χ2n) is 5.50.